The molecule has 0 bridgehead atoms. The lowest BCUT2D eigenvalue weighted by Gasteiger charge is -1.97. The summed E-state index contributed by atoms with van der Waals surface area (Å²) in [5, 5.41) is 10.8. The van der Waals surface area contributed by atoms with E-state index in [-0.39, 0.29) is 6.10 Å². The molecule has 1 aromatic rings. The average Bonchev–Trinajstić information content (AvgIpc) is 2.13. The molecule has 1 rings (SSSR count). The zero-order valence-corrected chi connectivity index (χ0v) is 7.11. The Kier molecular flexibility index (Phi) is 2.65. The van der Waals surface area contributed by atoms with E-state index in [4.69, 9.17) is 16.7 Å². The van der Waals surface area contributed by atoms with Crippen molar-refractivity contribution in [2.75, 3.05) is 0 Å². The van der Waals surface area contributed by atoms with Gasteiger partial charge in [0.2, 0.25) is 0 Å². The topological polar surface area (TPSA) is 33.1 Å². The molecule has 1 atom stereocenters. The summed E-state index contributed by atoms with van der Waals surface area (Å²) in [6, 6.07) is 0. The average molecular weight is 178 g/mol. The van der Waals surface area contributed by atoms with Crippen LogP contribution in [0.4, 0.5) is 0 Å². The molecule has 4 heteroatoms. The molecule has 10 heavy (non-hydrogen) atoms. The van der Waals surface area contributed by atoms with Gasteiger partial charge in [0.15, 0.2) is 4.47 Å². The molecule has 0 spiro atoms. The Morgan fingerprint density at radius 2 is 2.60 bits per heavy atom. The quantitative estimate of drug-likeness (QED) is 0.747. The minimum atomic E-state index is -0.335. The standard InChI is InChI=1S/C6H8ClNOS/c1-4(9)2-5-3-10-6(7)8-5/h3-4,9H,2H2,1H3. The van der Waals surface area contributed by atoms with Crippen LogP contribution in [0, 0.1) is 0 Å². The van der Waals surface area contributed by atoms with Gasteiger partial charge >= 0.3 is 0 Å². The Balaban J connectivity index is 2.58. The predicted molar refractivity (Wildman–Crippen MR) is 42.5 cm³/mol. The van der Waals surface area contributed by atoms with Crippen molar-refractivity contribution in [3.05, 3.63) is 15.5 Å². The highest BCUT2D eigenvalue weighted by Crippen LogP contribution is 2.15. The second-order valence-electron chi connectivity index (χ2n) is 2.14. The van der Waals surface area contributed by atoms with E-state index < -0.39 is 0 Å². The predicted octanol–water partition coefficient (Wildman–Crippen LogP) is 1.72. The molecular formula is C6H8ClNOS. The third kappa shape index (κ3) is 2.25. The van der Waals surface area contributed by atoms with Crippen molar-refractivity contribution in [3.63, 3.8) is 0 Å². The number of thiazole rings is 1. The van der Waals surface area contributed by atoms with E-state index in [1.807, 2.05) is 5.38 Å². The lowest BCUT2D eigenvalue weighted by molar-refractivity contribution is 0.194. The summed E-state index contributed by atoms with van der Waals surface area (Å²) < 4.78 is 0.538. The summed E-state index contributed by atoms with van der Waals surface area (Å²) in [5.74, 6) is 0. The van der Waals surface area contributed by atoms with Crippen LogP contribution in [-0.2, 0) is 6.42 Å². The first kappa shape index (κ1) is 7.98. The van der Waals surface area contributed by atoms with Crippen molar-refractivity contribution in [1.29, 1.82) is 0 Å². The Labute approximate surface area is 68.5 Å². The largest absolute Gasteiger partial charge is 0.393 e. The fourth-order valence-electron chi connectivity index (χ4n) is 0.679. The first-order valence-electron chi connectivity index (χ1n) is 2.96. The second-order valence-corrected chi connectivity index (χ2v) is 3.59. The summed E-state index contributed by atoms with van der Waals surface area (Å²) in [6.45, 7) is 1.73. The van der Waals surface area contributed by atoms with Crippen molar-refractivity contribution in [2.24, 2.45) is 0 Å². The molecule has 0 amide bonds. The fourth-order valence-corrected chi connectivity index (χ4v) is 1.47. The van der Waals surface area contributed by atoms with Gasteiger partial charge in [-0.2, -0.15) is 0 Å². The van der Waals surface area contributed by atoms with Gasteiger partial charge in [-0.3, -0.25) is 0 Å². The smallest absolute Gasteiger partial charge is 0.183 e. The SMILES string of the molecule is CC(O)Cc1csc(Cl)n1. The van der Waals surface area contributed by atoms with Crippen LogP contribution in [0.5, 0.6) is 0 Å². The van der Waals surface area contributed by atoms with E-state index in [1.165, 1.54) is 11.3 Å². The van der Waals surface area contributed by atoms with Crippen LogP contribution in [0.1, 0.15) is 12.6 Å². The molecule has 1 N–H and O–H groups in total. The maximum absolute atomic E-state index is 8.94. The molecule has 0 fully saturated rings. The zero-order valence-electron chi connectivity index (χ0n) is 5.54. The van der Waals surface area contributed by atoms with Gasteiger partial charge in [-0.25, -0.2) is 4.98 Å². The lowest BCUT2D eigenvalue weighted by Crippen LogP contribution is -2.03. The number of nitrogens with zero attached hydrogens (tertiary/aromatic N) is 1. The van der Waals surface area contributed by atoms with Gasteiger partial charge in [0.05, 0.1) is 11.8 Å². The highest BCUT2D eigenvalue weighted by Gasteiger charge is 2.02. The van der Waals surface area contributed by atoms with Crippen LogP contribution < -0.4 is 0 Å². The number of hydrogen-bond donors (Lipinski definition) is 1. The molecule has 1 unspecified atom stereocenters. The molecule has 0 aromatic carbocycles. The van der Waals surface area contributed by atoms with Crippen LogP contribution >= 0.6 is 22.9 Å². The van der Waals surface area contributed by atoms with Crippen molar-refractivity contribution in [1.82, 2.24) is 4.98 Å². The Morgan fingerprint density at radius 1 is 1.90 bits per heavy atom. The molecule has 0 aliphatic rings. The Morgan fingerprint density at radius 3 is 3.00 bits per heavy atom. The van der Waals surface area contributed by atoms with Gasteiger partial charge in [0, 0.05) is 11.8 Å². The van der Waals surface area contributed by atoms with Crippen LogP contribution in [-0.4, -0.2) is 16.2 Å². The molecule has 2 nitrogen and oxygen atoms in total. The molecule has 1 aromatic heterocycles. The molecule has 0 aliphatic carbocycles. The van der Waals surface area contributed by atoms with Gasteiger partial charge < -0.3 is 5.11 Å². The van der Waals surface area contributed by atoms with E-state index in [1.54, 1.807) is 6.92 Å². The maximum atomic E-state index is 8.94. The molecule has 1 heterocycles. The first-order valence-corrected chi connectivity index (χ1v) is 4.22. The van der Waals surface area contributed by atoms with E-state index in [9.17, 15) is 0 Å². The van der Waals surface area contributed by atoms with E-state index in [0.29, 0.717) is 10.9 Å². The van der Waals surface area contributed by atoms with E-state index in [2.05, 4.69) is 4.98 Å². The Hall–Kier alpha value is -0.120. The van der Waals surface area contributed by atoms with Crippen molar-refractivity contribution >= 4 is 22.9 Å². The number of aliphatic hydroxyl groups excluding tert-OH is 1. The minimum absolute atomic E-state index is 0.335. The van der Waals surface area contributed by atoms with Gasteiger partial charge in [-0.05, 0) is 6.92 Å². The monoisotopic (exact) mass is 177 g/mol. The number of halogens is 1. The Bertz CT molecular complexity index is 211. The second kappa shape index (κ2) is 3.32. The van der Waals surface area contributed by atoms with Crippen LogP contribution in [0.2, 0.25) is 4.47 Å². The highest BCUT2D eigenvalue weighted by atomic mass is 35.5. The zero-order chi connectivity index (χ0) is 7.56. The van der Waals surface area contributed by atoms with Crippen LogP contribution in [0.3, 0.4) is 0 Å². The number of aliphatic hydroxyl groups is 1. The summed E-state index contributed by atoms with van der Waals surface area (Å²) in [4.78, 5) is 3.97. The molecule has 0 saturated heterocycles. The van der Waals surface area contributed by atoms with E-state index in [0.717, 1.165) is 5.69 Å². The number of hydrogen-bond acceptors (Lipinski definition) is 3. The summed E-state index contributed by atoms with van der Waals surface area (Å²) in [6.07, 6.45) is 0.251. The molecule has 56 valence electrons. The lowest BCUT2D eigenvalue weighted by atomic mass is 10.2. The molecule has 0 radical (unpaired) electrons. The van der Waals surface area contributed by atoms with Crippen LogP contribution in [0.15, 0.2) is 5.38 Å². The molecular weight excluding hydrogens is 170 g/mol. The maximum Gasteiger partial charge on any atom is 0.183 e. The van der Waals surface area contributed by atoms with Gasteiger partial charge in [-0.15, -0.1) is 11.3 Å². The van der Waals surface area contributed by atoms with Crippen molar-refractivity contribution < 1.29 is 5.11 Å². The first-order chi connectivity index (χ1) is 4.68. The highest BCUT2D eigenvalue weighted by molar-refractivity contribution is 7.13. The van der Waals surface area contributed by atoms with Crippen LogP contribution in [0.25, 0.3) is 0 Å². The molecule has 0 aliphatic heterocycles. The van der Waals surface area contributed by atoms with Crippen molar-refractivity contribution in [3.8, 4) is 0 Å². The van der Waals surface area contributed by atoms with Gasteiger partial charge in [0.25, 0.3) is 0 Å². The van der Waals surface area contributed by atoms with E-state index >= 15 is 0 Å². The third-order valence-corrected chi connectivity index (χ3v) is 2.06. The summed E-state index contributed by atoms with van der Waals surface area (Å²) in [7, 11) is 0. The normalized spacial score (nSPS) is 13.5. The molecule has 0 saturated carbocycles. The van der Waals surface area contributed by atoms with Gasteiger partial charge in [-0.1, -0.05) is 11.6 Å². The number of rotatable bonds is 2. The summed E-state index contributed by atoms with van der Waals surface area (Å²) in [5.41, 5.74) is 0.866. The number of aromatic nitrogens is 1. The minimum Gasteiger partial charge on any atom is -0.393 e. The third-order valence-electron chi connectivity index (χ3n) is 1.03. The fraction of sp³-hybridized carbons (Fsp3) is 0.500. The summed E-state index contributed by atoms with van der Waals surface area (Å²) >= 11 is 6.96. The van der Waals surface area contributed by atoms with Crippen molar-refractivity contribution in [2.45, 2.75) is 19.4 Å². The van der Waals surface area contributed by atoms with Gasteiger partial charge in [0.1, 0.15) is 0 Å².